The monoisotopic (exact) mass is 511 g/mol. The Balaban J connectivity index is 1.40. The van der Waals surface area contributed by atoms with Crippen molar-refractivity contribution in [2.75, 3.05) is 36.4 Å². The standard InChI is InChI=1S/C27H27Cl2N3O3/c1-18(2)27(34)32-13-11-31(12-14-32)24-6-4-3-5-23(24)30-26(33)10-8-22-7-9-25(35-22)19-15-20(28)17-21(29)16-19/h3-10,15-18H,11-14H2,1-2H3,(H,30,33)/b10-8+. The van der Waals surface area contributed by atoms with E-state index in [0.717, 1.165) is 16.9 Å². The van der Waals surface area contributed by atoms with Gasteiger partial charge < -0.3 is 19.5 Å². The molecule has 8 heteroatoms. The third-order valence-electron chi connectivity index (χ3n) is 5.76. The van der Waals surface area contributed by atoms with Crippen molar-refractivity contribution in [1.82, 2.24) is 4.90 Å². The van der Waals surface area contributed by atoms with Crippen LogP contribution < -0.4 is 10.2 Å². The summed E-state index contributed by atoms with van der Waals surface area (Å²) < 4.78 is 5.82. The number of anilines is 2. The molecule has 4 rings (SSSR count). The van der Waals surface area contributed by atoms with Gasteiger partial charge in [0, 0.05) is 53.8 Å². The molecule has 2 aromatic carbocycles. The third kappa shape index (κ3) is 6.27. The molecule has 3 aromatic rings. The second-order valence-electron chi connectivity index (χ2n) is 8.67. The second-order valence-corrected chi connectivity index (χ2v) is 9.54. The van der Waals surface area contributed by atoms with E-state index in [4.69, 9.17) is 27.6 Å². The zero-order valence-corrected chi connectivity index (χ0v) is 21.1. The zero-order chi connectivity index (χ0) is 24.9. The van der Waals surface area contributed by atoms with E-state index in [9.17, 15) is 9.59 Å². The van der Waals surface area contributed by atoms with Gasteiger partial charge in [-0.3, -0.25) is 9.59 Å². The molecule has 1 N–H and O–H groups in total. The molecule has 1 aliphatic rings. The predicted molar refractivity (Wildman–Crippen MR) is 142 cm³/mol. The van der Waals surface area contributed by atoms with Gasteiger partial charge in [0.15, 0.2) is 0 Å². The van der Waals surface area contributed by atoms with Crippen LogP contribution in [0.3, 0.4) is 0 Å². The number of hydrogen-bond donors (Lipinski definition) is 1. The van der Waals surface area contributed by atoms with Gasteiger partial charge in [-0.1, -0.05) is 49.2 Å². The van der Waals surface area contributed by atoms with Crippen LogP contribution in [-0.4, -0.2) is 42.9 Å². The highest BCUT2D eigenvalue weighted by Gasteiger charge is 2.24. The maximum atomic E-state index is 12.7. The fraction of sp³-hybridized carbons (Fsp3) is 0.259. The number of amides is 2. The number of halogens is 2. The number of nitrogens with zero attached hydrogens (tertiary/aromatic N) is 2. The average molecular weight is 512 g/mol. The quantitative estimate of drug-likeness (QED) is 0.399. The van der Waals surface area contributed by atoms with Crippen molar-refractivity contribution in [2.24, 2.45) is 5.92 Å². The molecule has 2 amide bonds. The van der Waals surface area contributed by atoms with Crippen molar-refractivity contribution in [1.29, 1.82) is 0 Å². The van der Waals surface area contributed by atoms with Gasteiger partial charge in [-0.05, 0) is 48.5 Å². The lowest BCUT2D eigenvalue weighted by Gasteiger charge is -2.37. The molecule has 35 heavy (non-hydrogen) atoms. The van der Waals surface area contributed by atoms with Gasteiger partial charge in [0.25, 0.3) is 0 Å². The van der Waals surface area contributed by atoms with Crippen LogP contribution in [0.2, 0.25) is 10.0 Å². The summed E-state index contributed by atoms with van der Waals surface area (Å²) in [5.41, 5.74) is 2.42. The summed E-state index contributed by atoms with van der Waals surface area (Å²) >= 11 is 12.1. The summed E-state index contributed by atoms with van der Waals surface area (Å²) in [4.78, 5) is 29.0. The molecule has 2 heterocycles. The smallest absolute Gasteiger partial charge is 0.248 e. The molecule has 0 unspecified atom stereocenters. The van der Waals surface area contributed by atoms with Crippen LogP contribution >= 0.6 is 23.2 Å². The van der Waals surface area contributed by atoms with E-state index < -0.39 is 0 Å². The van der Waals surface area contributed by atoms with E-state index in [1.165, 1.54) is 6.08 Å². The molecule has 0 atom stereocenters. The Hall–Kier alpha value is -3.22. The first-order chi connectivity index (χ1) is 16.8. The Labute approximate surface area is 215 Å². The molecule has 0 spiro atoms. The lowest BCUT2D eigenvalue weighted by Crippen LogP contribution is -2.50. The highest BCUT2D eigenvalue weighted by Crippen LogP contribution is 2.29. The maximum Gasteiger partial charge on any atom is 0.248 e. The summed E-state index contributed by atoms with van der Waals surface area (Å²) in [6.07, 6.45) is 3.05. The van der Waals surface area contributed by atoms with Crippen LogP contribution in [0.15, 0.2) is 65.1 Å². The summed E-state index contributed by atoms with van der Waals surface area (Å²) in [5.74, 6) is 1.04. The minimum Gasteiger partial charge on any atom is -0.457 e. The number of rotatable bonds is 6. The van der Waals surface area contributed by atoms with Crippen LogP contribution in [0.4, 0.5) is 11.4 Å². The van der Waals surface area contributed by atoms with Gasteiger partial charge in [-0.2, -0.15) is 0 Å². The van der Waals surface area contributed by atoms with E-state index in [2.05, 4.69) is 10.2 Å². The third-order valence-corrected chi connectivity index (χ3v) is 6.20. The summed E-state index contributed by atoms with van der Waals surface area (Å²) in [6.45, 7) is 6.59. The van der Waals surface area contributed by atoms with Crippen LogP contribution in [0.1, 0.15) is 19.6 Å². The molecule has 6 nitrogen and oxygen atoms in total. The fourth-order valence-corrected chi connectivity index (χ4v) is 4.54. The highest BCUT2D eigenvalue weighted by molar-refractivity contribution is 6.35. The van der Waals surface area contributed by atoms with Gasteiger partial charge >= 0.3 is 0 Å². The number of hydrogen-bond acceptors (Lipinski definition) is 4. The van der Waals surface area contributed by atoms with E-state index in [1.54, 1.807) is 36.4 Å². The van der Waals surface area contributed by atoms with Gasteiger partial charge in [-0.25, -0.2) is 0 Å². The molecule has 0 bridgehead atoms. The lowest BCUT2D eigenvalue weighted by molar-refractivity contribution is -0.134. The largest absolute Gasteiger partial charge is 0.457 e. The van der Waals surface area contributed by atoms with Gasteiger partial charge in [-0.15, -0.1) is 0 Å². The molecule has 0 radical (unpaired) electrons. The average Bonchev–Trinajstić information content (AvgIpc) is 3.31. The molecule has 0 saturated carbocycles. The van der Waals surface area contributed by atoms with E-state index in [1.807, 2.05) is 43.0 Å². The SMILES string of the molecule is CC(C)C(=O)N1CCN(c2ccccc2NC(=O)/C=C/c2ccc(-c3cc(Cl)cc(Cl)c3)o2)CC1. The van der Waals surface area contributed by atoms with Crippen molar-refractivity contribution in [3.63, 3.8) is 0 Å². The van der Waals surface area contributed by atoms with E-state index in [0.29, 0.717) is 47.7 Å². The summed E-state index contributed by atoms with van der Waals surface area (Å²) in [5, 5.41) is 4.00. The maximum absolute atomic E-state index is 12.7. The molecule has 1 saturated heterocycles. The molecule has 1 fully saturated rings. The first-order valence-corrected chi connectivity index (χ1v) is 12.2. The molecule has 1 aromatic heterocycles. The lowest BCUT2D eigenvalue weighted by atomic mass is 10.1. The van der Waals surface area contributed by atoms with Crippen LogP contribution in [0.25, 0.3) is 17.4 Å². The van der Waals surface area contributed by atoms with Crippen molar-refractivity contribution < 1.29 is 14.0 Å². The summed E-state index contributed by atoms with van der Waals surface area (Å²) in [7, 11) is 0. The second kappa shape index (κ2) is 11.0. The number of carbonyl (C=O) groups excluding carboxylic acids is 2. The van der Waals surface area contributed by atoms with Crippen molar-refractivity contribution in [3.05, 3.63) is 76.5 Å². The number of piperazine rings is 1. The van der Waals surface area contributed by atoms with E-state index >= 15 is 0 Å². The Morgan fingerprint density at radius 3 is 2.34 bits per heavy atom. The minimum atomic E-state index is -0.269. The molecular formula is C27H27Cl2N3O3. The number of carbonyl (C=O) groups is 2. The Kier molecular flexibility index (Phi) is 7.83. The zero-order valence-electron chi connectivity index (χ0n) is 19.6. The van der Waals surface area contributed by atoms with Crippen LogP contribution in [0, 0.1) is 5.92 Å². The molecular weight excluding hydrogens is 485 g/mol. The van der Waals surface area contributed by atoms with Crippen LogP contribution in [0.5, 0.6) is 0 Å². The highest BCUT2D eigenvalue weighted by atomic mass is 35.5. The fourth-order valence-electron chi connectivity index (χ4n) is 4.01. The Bertz CT molecular complexity index is 1220. The normalized spacial score (nSPS) is 14.1. The molecule has 182 valence electrons. The number of furan rings is 1. The van der Waals surface area contributed by atoms with Gasteiger partial charge in [0.1, 0.15) is 11.5 Å². The van der Waals surface area contributed by atoms with Crippen LogP contribution in [-0.2, 0) is 9.59 Å². The van der Waals surface area contributed by atoms with Gasteiger partial charge in [0.05, 0.1) is 11.4 Å². The first-order valence-electron chi connectivity index (χ1n) is 11.5. The van der Waals surface area contributed by atoms with E-state index in [-0.39, 0.29) is 17.7 Å². The van der Waals surface area contributed by atoms with Crippen molar-refractivity contribution in [3.8, 4) is 11.3 Å². The number of para-hydroxylation sites is 2. The first kappa shape index (κ1) is 24.9. The van der Waals surface area contributed by atoms with Crippen molar-refractivity contribution in [2.45, 2.75) is 13.8 Å². The molecule has 1 aliphatic heterocycles. The Morgan fingerprint density at radius 2 is 1.66 bits per heavy atom. The Morgan fingerprint density at radius 1 is 0.971 bits per heavy atom. The predicted octanol–water partition coefficient (Wildman–Crippen LogP) is 6.21. The number of nitrogens with one attached hydrogen (secondary N) is 1. The summed E-state index contributed by atoms with van der Waals surface area (Å²) in [6, 6.07) is 16.5. The molecule has 0 aliphatic carbocycles. The minimum absolute atomic E-state index is 0.00607. The topological polar surface area (TPSA) is 65.8 Å². The number of benzene rings is 2. The van der Waals surface area contributed by atoms with Gasteiger partial charge in [0.2, 0.25) is 11.8 Å². The van der Waals surface area contributed by atoms with Crippen molar-refractivity contribution >= 4 is 52.5 Å².